The lowest BCUT2D eigenvalue weighted by Crippen LogP contribution is -2.54. The number of rotatable bonds is 6. The number of benzene rings is 1. The van der Waals surface area contributed by atoms with Crippen molar-refractivity contribution in [3.05, 3.63) is 41.2 Å². The molecule has 2 aliphatic heterocycles. The Morgan fingerprint density at radius 3 is 2.79 bits per heavy atom. The topological polar surface area (TPSA) is 126 Å². The zero-order chi connectivity index (χ0) is 20.5. The third kappa shape index (κ3) is 3.53. The Balaban J connectivity index is 1.56. The smallest absolute Gasteiger partial charge is 0.264 e. The molecule has 4 rings (SSSR count). The molecule has 2 N–H and O–H groups in total. The number of halogens is 1. The summed E-state index contributed by atoms with van der Waals surface area (Å²) in [6.45, 7) is 1.00. The van der Waals surface area contributed by atoms with Crippen molar-refractivity contribution in [3.63, 3.8) is 0 Å². The van der Waals surface area contributed by atoms with Crippen molar-refractivity contribution in [2.45, 2.75) is 32.0 Å². The molecule has 0 bridgehead atoms. The fourth-order valence-corrected chi connectivity index (χ4v) is 3.83. The summed E-state index contributed by atoms with van der Waals surface area (Å²) in [5.74, 6) is -2.12. The Bertz CT molecular complexity index is 1020. The molecule has 2 aliphatic rings. The first-order valence-electron chi connectivity index (χ1n) is 9.03. The zero-order valence-electron chi connectivity index (χ0n) is 15.2. The minimum absolute atomic E-state index is 0.0823. The fraction of sp³-hybridized carbons (Fsp3) is 0.333. The second kappa shape index (κ2) is 7.74. The van der Waals surface area contributed by atoms with Crippen LogP contribution in [0, 0.1) is 0 Å². The molecule has 11 heteroatoms. The molecular formula is C18H17BrN6O4. The maximum absolute atomic E-state index is 13.0. The van der Waals surface area contributed by atoms with Crippen LogP contribution in [0.1, 0.15) is 39.3 Å². The van der Waals surface area contributed by atoms with Crippen LogP contribution in [0.4, 0.5) is 5.69 Å². The standard InChI is InChI=1S/C18H17BrN6O4/c19-6-7-24-9-10(22-23-24)8-20-12-3-1-2-11-15(12)18(29)25(17(11)28)13-4-5-14(26)21-16(13)27/h1-3,9,13,20H,4-8H2,(H,21,26,27). The van der Waals surface area contributed by atoms with Crippen LogP contribution in [-0.2, 0) is 22.7 Å². The van der Waals surface area contributed by atoms with Crippen LogP contribution in [0.3, 0.4) is 0 Å². The van der Waals surface area contributed by atoms with Gasteiger partial charge >= 0.3 is 0 Å². The molecule has 29 heavy (non-hydrogen) atoms. The van der Waals surface area contributed by atoms with E-state index in [2.05, 4.69) is 36.9 Å². The normalized spacial score (nSPS) is 18.8. The summed E-state index contributed by atoms with van der Waals surface area (Å²) in [6, 6.07) is 3.93. The number of aromatic nitrogens is 3. The number of alkyl halides is 1. The number of hydrogen-bond donors (Lipinski definition) is 2. The van der Waals surface area contributed by atoms with Crippen molar-refractivity contribution in [1.82, 2.24) is 25.2 Å². The minimum Gasteiger partial charge on any atom is -0.379 e. The van der Waals surface area contributed by atoms with Gasteiger partial charge in [0, 0.05) is 17.4 Å². The van der Waals surface area contributed by atoms with Crippen molar-refractivity contribution < 1.29 is 19.2 Å². The van der Waals surface area contributed by atoms with Crippen LogP contribution in [0.15, 0.2) is 24.4 Å². The van der Waals surface area contributed by atoms with E-state index in [0.29, 0.717) is 24.5 Å². The molecule has 0 spiro atoms. The molecule has 1 fully saturated rings. The SMILES string of the molecule is O=C1CCC(N2C(=O)c3cccc(NCc4cn(CCBr)nn4)c3C2=O)C(=O)N1. The lowest BCUT2D eigenvalue weighted by atomic mass is 10.0. The van der Waals surface area contributed by atoms with Crippen LogP contribution in [0.5, 0.6) is 0 Å². The minimum atomic E-state index is -0.989. The number of amides is 4. The van der Waals surface area contributed by atoms with Gasteiger partial charge < -0.3 is 5.32 Å². The second-order valence-electron chi connectivity index (χ2n) is 6.69. The van der Waals surface area contributed by atoms with E-state index < -0.39 is 29.7 Å². The summed E-state index contributed by atoms with van der Waals surface area (Å²) in [4.78, 5) is 50.3. The highest BCUT2D eigenvalue weighted by atomic mass is 79.9. The molecule has 3 heterocycles. The van der Waals surface area contributed by atoms with E-state index in [1.165, 1.54) is 0 Å². The number of aryl methyl sites for hydroxylation is 1. The van der Waals surface area contributed by atoms with E-state index in [1.807, 2.05) is 0 Å². The Morgan fingerprint density at radius 2 is 2.03 bits per heavy atom. The molecule has 1 aromatic carbocycles. The van der Waals surface area contributed by atoms with Gasteiger partial charge in [0.1, 0.15) is 11.7 Å². The van der Waals surface area contributed by atoms with Gasteiger partial charge in [0.25, 0.3) is 11.8 Å². The van der Waals surface area contributed by atoms with Crippen molar-refractivity contribution in [1.29, 1.82) is 0 Å². The van der Waals surface area contributed by atoms with Gasteiger partial charge in [0.2, 0.25) is 11.8 Å². The summed E-state index contributed by atoms with van der Waals surface area (Å²) in [5.41, 5.74) is 1.61. The van der Waals surface area contributed by atoms with Crippen LogP contribution >= 0.6 is 15.9 Å². The number of anilines is 1. The maximum atomic E-state index is 13.0. The molecule has 4 amide bonds. The molecule has 2 aromatic rings. The maximum Gasteiger partial charge on any atom is 0.264 e. The predicted molar refractivity (Wildman–Crippen MR) is 104 cm³/mol. The van der Waals surface area contributed by atoms with Gasteiger partial charge in [-0.15, -0.1) is 5.10 Å². The van der Waals surface area contributed by atoms with Gasteiger partial charge in [-0.2, -0.15) is 0 Å². The molecular weight excluding hydrogens is 444 g/mol. The zero-order valence-corrected chi connectivity index (χ0v) is 16.8. The highest BCUT2D eigenvalue weighted by molar-refractivity contribution is 9.09. The van der Waals surface area contributed by atoms with Gasteiger partial charge in [-0.25, -0.2) is 0 Å². The number of piperidine rings is 1. The Morgan fingerprint density at radius 1 is 1.21 bits per heavy atom. The number of carbonyl (C=O) groups is 4. The molecule has 1 saturated heterocycles. The molecule has 1 aromatic heterocycles. The average molecular weight is 461 g/mol. The highest BCUT2D eigenvalue weighted by Gasteiger charge is 2.45. The molecule has 150 valence electrons. The summed E-state index contributed by atoms with van der Waals surface area (Å²) < 4.78 is 1.70. The van der Waals surface area contributed by atoms with Crippen molar-refractivity contribution in [3.8, 4) is 0 Å². The quantitative estimate of drug-likeness (QED) is 0.479. The monoisotopic (exact) mass is 460 g/mol. The predicted octanol–water partition coefficient (Wildman–Crippen LogP) is 0.686. The number of hydrogen-bond acceptors (Lipinski definition) is 7. The second-order valence-corrected chi connectivity index (χ2v) is 7.48. The van der Waals surface area contributed by atoms with Crippen molar-refractivity contribution in [2.75, 3.05) is 10.6 Å². The van der Waals surface area contributed by atoms with E-state index in [9.17, 15) is 19.2 Å². The Kier molecular flexibility index (Phi) is 5.14. The largest absolute Gasteiger partial charge is 0.379 e. The first kappa shape index (κ1) is 19.2. The number of imide groups is 2. The Hall–Kier alpha value is -3.08. The molecule has 1 unspecified atom stereocenters. The Labute approximate surface area is 173 Å². The van der Waals surface area contributed by atoms with E-state index in [4.69, 9.17) is 0 Å². The van der Waals surface area contributed by atoms with Gasteiger partial charge in [0.15, 0.2) is 0 Å². The van der Waals surface area contributed by atoms with E-state index in [-0.39, 0.29) is 24.0 Å². The van der Waals surface area contributed by atoms with E-state index in [1.54, 1.807) is 29.1 Å². The summed E-state index contributed by atoms with van der Waals surface area (Å²) in [5, 5.41) is 14.1. The lowest BCUT2D eigenvalue weighted by molar-refractivity contribution is -0.136. The van der Waals surface area contributed by atoms with Crippen LogP contribution in [0.25, 0.3) is 0 Å². The summed E-state index contributed by atoms with van der Waals surface area (Å²) in [6.07, 6.45) is 1.99. The van der Waals surface area contributed by atoms with Gasteiger partial charge in [0.05, 0.1) is 30.4 Å². The molecule has 0 aliphatic carbocycles. The van der Waals surface area contributed by atoms with Gasteiger partial charge in [-0.05, 0) is 18.6 Å². The van der Waals surface area contributed by atoms with Crippen molar-refractivity contribution >= 4 is 45.2 Å². The summed E-state index contributed by atoms with van der Waals surface area (Å²) in [7, 11) is 0. The number of nitrogens with zero attached hydrogens (tertiary/aromatic N) is 4. The number of carbonyl (C=O) groups excluding carboxylic acids is 4. The average Bonchev–Trinajstić information content (AvgIpc) is 3.24. The fourth-order valence-electron chi connectivity index (χ4n) is 3.46. The third-order valence-electron chi connectivity index (χ3n) is 4.83. The molecule has 0 saturated carbocycles. The first-order valence-corrected chi connectivity index (χ1v) is 10.1. The van der Waals surface area contributed by atoms with Crippen LogP contribution in [-0.4, -0.2) is 54.9 Å². The van der Waals surface area contributed by atoms with E-state index in [0.717, 1.165) is 10.2 Å². The summed E-state index contributed by atoms with van der Waals surface area (Å²) >= 11 is 3.34. The number of nitrogens with one attached hydrogen (secondary N) is 2. The van der Waals surface area contributed by atoms with E-state index >= 15 is 0 Å². The molecule has 1 atom stereocenters. The molecule has 10 nitrogen and oxygen atoms in total. The number of fused-ring (bicyclic) bond motifs is 1. The van der Waals surface area contributed by atoms with Crippen LogP contribution in [0.2, 0.25) is 0 Å². The van der Waals surface area contributed by atoms with Gasteiger partial charge in [-0.1, -0.05) is 27.2 Å². The lowest BCUT2D eigenvalue weighted by Gasteiger charge is -2.27. The van der Waals surface area contributed by atoms with Crippen molar-refractivity contribution in [2.24, 2.45) is 0 Å². The third-order valence-corrected chi connectivity index (χ3v) is 5.18. The first-order chi connectivity index (χ1) is 14.0. The molecule has 0 radical (unpaired) electrons. The van der Waals surface area contributed by atoms with Gasteiger partial charge in [-0.3, -0.25) is 34.1 Å². The highest BCUT2D eigenvalue weighted by Crippen LogP contribution is 2.32. The van der Waals surface area contributed by atoms with Crippen LogP contribution < -0.4 is 10.6 Å².